The van der Waals surface area contributed by atoms with Gasteiger partial charge in [-0.1, -0.05) is 71.8 Å². The minimum absolute atomic E-state index is 0.251. The van der Waals surface area contributed by atoms with Gasteiger partial charge in [0.25, 0.3) is 0 Å². The molecule has 0 heterocycles. The first-order valence-electron chi connectivity index (χ1n) is 9.91. The number of rotatable bonds is 8. The van der Waals surface area contributed by atoms with Gasteiger partial charge in [-0.05, 0) is 36.2 Å². The van der Waals surface area contributed by atoms with Crippen LogP contribution in [0.2, 0.25) is 5.02 Å². The number of nitrogens with zero attached hydrogens (tertiary/aromatic N) is 1. The Balaban J connectivity index is 1.89. The number of carbonyl (C=O) groups is 1. The van der Waals surface area contributed by atoms with Gasteiger partial charge in [0.15, 0.2) is 0 Å². The van der Waals surface area contributed by atoms with E-state index in [1.54, 1.807) is 12.1 Å². The van der Waals surface area contributed by atoms with Crippen molar-refractivity contribution in [3.05, 3.63) is 94.5 Å². The number of hydrogen-bond acceptors (Lipinski definition) is 4. The van der Waals surface area contributed by atoms with Gasteiger partial charge in [-0.3, -0.25) is 9.10 Å². The number of ether oxygens (including phenoxy) is 1. The van der Waals surface area contributed by atoms with Gasteiger partial charge in [0, 0.05) is 0 Å². The van der Waals surface area contributed by atoms with Crippen LogP contribution in [0.15, 0.2) is 72.8 Å². The maximum absolute atomic E-state index is 13.0. The quantitative estimate of drug-likeness (QED) is 0.529. The molecule has 8 heteroatoms. The summed E-state index contributed by atoms with van der Waals surface area (Å²) in [6, 6.07) is 21.5. The van der Waals surface area contributed by atoms with Crippen molar-refractivity contribution in [2.45, 2.75) is 13.0 Å². The van der Waals surface area contributed by atoms with E-state index in [0.29, 0.717) is 5.75 Å². The zero-order valence-electron chi connectivity index (χ0n) is 18.1. The van der Waals surface area contributed by atoms with Gasteiger partial charge in [0.05, 0.1) is 30.1 Å². The van der Waals surface area contributed by atoms with Gasteiger partial charge in [-0.25, -0.2) is 8.42 Å². The van der Waals surface area contributed by atoms with Crippen LogP contribution in [-0.2, 0) is 14.8 Å². The highest BCUT2D eigenvalue weighted by Crippen LogP contribution is 2.30. The second kappa shape index (κ2) is 10.1. The lowest BCUT2D eigenvalue weighted by atomic mass is 9.98. The third kappa shape index (κ3) is 5.81. The van der Waals surface area contributed by atoms with Crippen molar-refractivity contribution >= 4 is 33.2 Å². The maximum atomic E-state index is 13.0. The second-order valence-electron chi connectivity index (χ2n) is 7.41. The first-order chi connectivity index (χ1) is 15.2. The molecule has 3 aromatic carbocycles. The molecule has 0 saturated carbocycles. The average Bonchev–Trinajstić information content (AvgIpc) is 2.76. The highest BCUT2D eigenvalue weighted by Gasteiger charge is 2.24. The molecule has 0 fully saturated rings. The molecule has 3 aromatic rings. The molecule has 0 aliphatic rings. The lowest BCUT2D eigenvalue weighted by molar-refractivity contribution is -0.120. The molecule has 0 radical (unpaired) electrons. The van der Waals surface area contributed by atoms with Gasteiger partial charge in [0.1, 0.15) is 12.3 Å². The van der Waals surface area contributed by atoms with Gasteiger partial charge < -0.3 is 10.1 Å². The predicted octanol–water partition coefficient (Wildman–Crippen LogP) is 4.33. The van der Waals surface area contributed by atoms with E-state index < -0.39 is 28.5 Å². The number of halogens is 1. The molecule has 0 aliphatic heterocycles. The fraction of sp³-hybridized carbons (Fsp3) is 0.208. The molecular weight excluding hydrogens is 448 g/mol. The van der Waals surface area contributed by atoms with Crippen molar-refractivity contribution in [1.29, 1.82) is 0 Å². The number of benzene rings is 3. The van der Waals surface area contributed by atoms with Crippen molar-refractivity contribution in [1.82, 2.24) is 5.32 Å². The molecule has 1 atom stereocenters. The fourth-order valence-corrected chi connectivity index (χ4v) is 4.41. The standard InChI is InChI=1S/C24H25ClN2O4S/c1-17-9-11-19(12-10-17)24(18-7-5-4-6-8-18)26-23(28)16-27(32(3,29)30)20-13-14-22(31-2)21(25)15-20/h4-15,24H,16H2,1-3H3,(H,26,28). The Hall–Kier alpha value is -3.03. The molecule has 0 aromatic heterocycles. The molecule has 0 aliphatic carbocycles. The molecule has 3 rings (SSSR count). The molecule has 0 spiro atoms. The summed E-state index contributed by atoms with van der Waals surface area (Å²) in [7, 11) is -2.28. The van der Waals surface area contributed by atoms with E-state index in [2.05, 4.69) is 5.32 Å². The molecule has 0 bridgehead atoms. The third-order valence-corrected chi connectivity index (χ3v) is 6.40. The van der Waals surface area contributed by atoms with E-state index >= 15 is 0 Å². The van der Waals surface area contributed by atoms with Crippen LogP contribution >= 0.6 is 11.6 Å². The van der Waals surface area contributed by atoms with Crippen molar-refractivity contribution in [3.63, 3.8) is 0 Å². The molecular formula is C24H25ClN2O4S. The monoisotopic (exact) mass is 472 g/mol. The summed E-state index contributed by atoms with van der Waals surface area (Å²) in [4.78, 5) is 13.0. The topological polar surface area (TPSA) is 75.7 Å². The lowest BCUT2D eigenvalue weighted by Gasteiger charge is -2.25. The summed E-state index contributed by atoms with van der Waals surface area (Å²) >= 11 is 6.17. The molecule has 32 heavy (non-hydrogen) atoms. The smallest absolute Gasteiger partial charge is 0.241 e. The summed E-state index contributed by atoms with van der Waals surface area (Å²) in [5, 5.41) is 3.23. The van der Waals surface area contributed by atoms with Crippen LogP contribution in [0.25, 0.3) is 0 Å². The van der Waals surface area contributed by atoms with Crippen LogP contribution in [0.1, 0.15) is 22.7 Å². The molecule has 6 nitrogen and oxygen atoms in total. The van der Waals surface area contributed by atoms with Gasteiger partial charge in [-0.15, -0.1) is 0 Å². The molecule has 1 unspecified atom stereocenters. The first-order valence-corrected chi connectivity index (χ1v) is 12.1. The fourth-order valence-electron chi connectivity index (χ4n) is 3.31. The van der Waals surface area contributed by atoms with E-state index in [1.807, 2.05) is 61.5 Å². The molecule has 1 amide bonds. The summed E-state index contributed by atoms with van der Waals surface area (Å²) in [5.41, 5.74) is 3.17. The Morgan fingerprint density at radius 3 is 2.22 bits per heavy atom. The van der Waals surface area contributed by atoms with Gasteiger partial charge in [-0.2, -0.15) is 0 Å². The molecule has 0 saturated heterocycles. The predicted molar refractivity (Wildman–Crippen MR) is 128 cm³/mol. The van der Waals surface area contributed by atoms with E-state index in [9.17, 15) is 13.2 Å². The lowest BCUT2D eigenvalue weighted by Crippen LogP contribution is -2.41. The zero-order chi connectivity index (χ0) is 23.3. The van der Waals surface area contributed by atoms with Crippen LogP contribution in [0.4, 0.5) is 5.69 Å². The first kappa shape index (κ1) is 23.6. The average molecular weight is 473 g/mol. The van der Waals surface area contributed by atoms with E-state index in [4.69, 9.17) is 16.3 Å². The Kier molecular flexibility index (Phi) is 7.43. The number of methoxy groups -OCH3 is 1. The van der Waals surface area contributed by atoms with Crippen LogP contribution in [-0.4, -0.2) is 34.2 Å². The third-order valence-electron chi connectivity index (χ3n) is 4.96. The minimum Gasteiger partial charge on any atom is -0.495 e. The van der Waals surface area contributed by atoms with Gasteiger partial charge in [0.2, 0.25) is 15.9 Å². The number of hydrogen-bond donors (Lipinski definition) is 1. The van der Waals surface area contributed by atoms with Crippen molar-refractivity contribution in [2.24, 2.45) is 0 Å². The van der Waals surface area contributed by atoms with E-state index in [-0.39, 0.29) is 10.7 Å². The Bertz CT molecular complexity index is 1180. The number of amides is 1. The maximum Gasteiger partial charge on any atom is 0.241 e. The van der Waals surface area contributed by atoms with Crippen molar-refractivity contribution in [2.75, 3.05) is 24.2 Å². The summed E-state index contributed by atoms with van der Waals surface area (Å²) in [5.74, 6) is -0.0337. The van der Waals surface area contributed by atoms with Crippen LogP contribution in [0.3, 0.4) is 0 Å². The normalized spacial score (nSPS) is 12.1. The second-order valence-corrected chi connectivity index (χ2v) is 9.72. The van der Waals surface area contributed by atoms with Crippen molar-refractivity contribution < 1.29 is 17.9 Å². The van der Waals surface area contributed by atoms with E-state index in [0.717, 1.165) is 27.3 Å². The SMILES string of the molecule is COc1ccc(N(CC(=O)NC(c2ccccc2)c2ccc(C)cc2)S(C)(=O)=O)cc1Cl. The zero-order valence-corrected chi connectivity index (χ0v) is 19.7. The summed E-state index contributed by atoms with van der Waals surface area (Å²) in [6.45, 7) is 1.60. The summed E-state index contributed by atoms with van der Waals surface area (Å²) < 4.78 is 31.1. The Morgan fingerprint density at radius 1 is 1.03 bits per heavy atom. The number of sulfonamides is 1. The number of anilines is 1. The number of carbonyl (C=O) groups excluding carboxylic acids is 1. The number of aryl methyl sites for hydroxylation is 1. The van der Waals surface area contributed by atoms with E-state index in [1.165, 1.54) is 13.2 Å². The highest BCUT2D eigenvalue weighted by molar-refractivity contribution is 7.92. The minimum atomic E-state index is -3.75. The van der Waals surface area contributed by atoms with Crippen LogP contribution in [0.5, 0.6) is 5.75 Å². The highest BCUT2D eigenvalue weighted by atomic mass is 35.5. The van der Waals surface area contributed by atoms with Crippen molar-refractivity contribution in [3.8, 4) is 5.75 Å². The molecule has 1 N–H and O–H groups in total. The molecule has 168 valence electrons. The summed E-state index contributed by atoms with van der Waals surface area (Å²) in [6.07, 6.45) is 1.05. The van der Waals surface area contributed by atoms with Gasteiger partial charge >= 0.3 is 0 Å². The number of nitrogens with one attached hydrogen (secondary N) is 1. The largest absolute Gasteiger partial charge is 0.495 e. The van der Waals surface area contributed by atoms with Crippen LogP contribution < -0.4 is 14.4 Å². The Morgan fingerprint density at radius 2 is 1.66 bits per heavy atom. The van der Waals surface area contributed by atoms with Crippen LogP contribution in [0, 0.1) is 6.92 Å². The Labute approximate surface area is 193 Å².